The molecule has 0 aliphatic carbocycles. The van der Waals surface area contributed by atoms with Crippen LogP contribution in [0.2, 0.25) is 0 Å². The Balaban J connectivity index is 2.96. The van der Waals surface area contributed by atoms with Crippen LogP contribution in [0.25, 0.3) is 0 Å². The monoisotopic (exact) mass is 169 g/mol. The first-order valence-corrected chi connectivity index (χ1v) is 3.32. The Hall–Kier alpha value is -0.515. The summed E-state index contributed by atoms with van der Waals surface area (Å²) in [6.07, 6.45) is 0. The Kier molecular flexibility index (Phi) is 1.72. The molecule has 0 saturated carbocycles. The van der Waals surface area contributed by atoms with Gasteiger partial charge in [0.25, 0.3) is 0 Å². The first-order chi connectivity index (χ1) is 4.50. The topological polar surface area (TPSA) is 0 Å². The number of rotatable bonds is 1. The molecule has 0 radical (unpaired) electrons. The van der Waals surface area contributed by atoms with Crippen LogP contribution in [0.5, 0.6) is 0 Å². The van der Waals surface area contributed by atoms with Gasteiger partial charge in [-0.3, -0.25) is 0 Å². The van der Waals surface area contributed by atoms with Crippen molar-refractivity contribution in [2.24, 2.45) is 0 Å². The fourth-order valence-corrected chi connectivity index (χ4v) is 1.15. The van der Waals surface area contributed by atoms with Crippen molar-refractivity contribution in [2.75, 3.05) is 0 Å². The fourth-order valence-electron chi connectivity index (χ4n) is 0.500. The molecule has 0 unspecified atom stereocenters. The van der Waals surface area contributed by atoms with E-state index in [-0.39, 0.29) is 0 Å². The second-order valence-corrected chi connectivity index (χ2v) is 2.68. The SMILES string of the molecule is Fc1csc([B-](F)(F)F)c1. The second-order valence-electron chi connectivity index (χ2n) is 1.74. The molecule has 0 bridgehead atoms. The van der Waals surface area contributed by atoms with Gasteiger partial charge < -0.3 is 12.9 Å². The molecule has 56 valence electrons. The molecule has 0 aliphatic heterocycles. The molecule has 0 spiro atoms. The third-order valence-electron chi connectivity index (χ3n) is 0.910. The van der Waals surface area contributed by atoms with Crippen LogP contribution >= 0.6 is 11.3 Å². The minimum absolute atomic E-state index is 0.384. The first kappa shape index (κ1) is 7.59. The highest BCUT2D eigenvalue weighted by molar-refractivity contribution is 7.22. The van der Waals surface area contributed by atoms with Gasteiger partial charge >= 0.3 is 6.98 Å². The molecule has 0 amide bonds. The maximum absolute atomic E-state index is 12.0. The van der Waals surface area contributed by atoms with Crippen LogP contribution in [-0.2, 0) is 0 Å². The number of hydrogen-bond acceptors (Lipinski definition) is 1. The lowest BCUT2D eigenvalue weighted by atomic mass is 9.90. The van der Waals surface area contributed by atoms with Crippen molar-refractivity contribution in [3.8, 4) is 0 Å². The van der Waals surface area contributed by atoms with Crippen LogP contribution in [0.15, 0.2) is 11.4 Å². The molecule has 0 N–H and O–H groups in total. The molecular formula is C4H2BF4S-. The summed E-state index contributed by atoms with van der Waals surface area (Å²) in [5.41, 5.74) is 0. The maximum Gasteiger partial charge on any atom is 0.519 e. The lowest BCUT2D eigenvalue weighted by Gasteiger charge is -2.09. The average Bonchev–Trinajstić information content (AvgIpc) is 2.11. The van der Waals surface area contributed by atoms with Gasteiger partial charge in [-0.2, -0.15) is 11.3 Å². The van der Waals surface area contributed by atoms with Gasteiger partial charge in [-0.05, 0) is 6.07 Å². The first-order valence-electron chi connectivity index (χ1n) is 2.44. The molecular weight excluding hydrogens is 167 g/mol. The van der Waals surface area contributed by atoms with E-state index in [0.717, 1.165) is 5.38 Å². The van der Waals surface area contributed by atoms with Crippen LogP contribution in [0.4, 0.5) is 17.3 Å². The Labute approximate surface area is 58.5 Å². The van der Waals surface area contributed by atoms with Gasteiger partial charge in [0.15, 0.2) is 0 Å². The summed E-state index contributed by atoms with van der Waals surface area (Å²) < 4.78 is 46.3. The van der Waals surface area contributed by atoms with Crippen molar-refractivity contribution in [1.82, 2.24) is 0 Å². The van der Waals surface area contributed by atoms with Crippen LogP contribution in [-0.4, -0.2) is 6.98 Å². The van der Waals surface area contributed by atoms with Crippen molar-refractivity contribution < 1.29 is 17.3 Å². The predicted octanol–water partition coefficient (Wildman–Crippen LogP) is 1.94. The molecule has 1 heterocycles. The molecule has 0 saturated heterocycles. The van der Waals surface area contributed by atoms with Crippen molar-refractivity contribution in [3.63, 3.8) is 0 Å². The minimum atomic E-state index is -5.00. The standard InChI is InChI=1S/C4H2BF4S/c6-3-1-4(10-2-3)5(7,8)9/h1-2H/q-1. The lowest BCUT2D eigenvalue weighted by molar-refractivity contribution is 0.502. The molecule has 6 heteroatoms. The predicted molar refractivity (Wildman–Crippen MR) is 33.0 cm³/mol. The fraction of sp³-hybridized carbons (Fsp3) is 0. The van der Waals surface area contributed by atoms with Crippen molar-refractivity contribution in [1.29, 1.82) is 0 Å². The van der Waals surface area contributed by atoms with Gasteiger partial charge in [-0.25, -0.2) is 4.39 Å². The Morgan fingerprint density at radius 3 is 2.10 bits per heavy atom. The smallest absolute Gasteiger partial charge is 0.444 e. The van der Waals surface area contributed by atoms with Gasteiger partial charge in [0.1, 0.15) is 5.82 Å². The molecule has 1 aromatic heterocycles. The molecule has 0 fully saturated rings. The van der Waals surface area contributed by atoms with E-state index in [2.05, 4.69) is 0 Å². The highest BCUT2D eigenvalue weighted by Gasteiger charge is 2.27. The molecule has 0 nitrogen and oxygen atoms in total. The van der Waals surface area contributed by atoms with E-state index in [1.807, 2.05) is 0 Å². The third-order valence-corrected chi connectivity index (χ3v) is 1.91. The summed E-state index contributed by atoms with van der Waals surface area (Å²) in [4.78, 5) is 0. The van der Waals surface area contributed by atoms with E-state index >= 15 is 0 Å². The zero-order valence-electron chi connectivity index (χ0n) is 4.65. The maximum atomic E-state index is 12.0. The third kappa shape index (κ3) is 1.50. The lowest BCUT2D eigenvalue weighted by Crippen LogP contribution is -2.30. The summed E-state index contributed by atoms with van der Waals surface area (Å²) >= 11 is 0.384. The normalized spacial score (nSPS) is 12.0. The largest absolute Gasteiger partial charge is 0.519 e. The van der Waals surface area contributed by atoms with Crippen molar-refractivity contribution in [3.05, 3.63) is 17.3 Å². The van der Waals surface area contributed by atoms with E-state index in [0.29, 0.717) is 17.4 Å². The Morgan fingerprint density at radius 2 is 1.90 bits per heavy atom. The zero-order valence-corrected chi connectivity index (χ0v) is 5.47. The Bertz CT molecular complexity index is 227. The average molecular weight is 169 g/mol. The minimum Gasteiger partial charge on any atom is -0.444 e. The van der Waals surface area contributed by atoms with Crippen LogP contribution in [0, 0.1) is 5.82 Å². The molecule has 0 aromatic carbocycles. The van der Waals surface area contributed by atoms with E-state index in [1.54, 1.807) is 0 Å². The Morgan fingerprint density at radius 1 is 1.30 bits per heavy atom. The quantitative estimate of drug-likeness (QED) is 0.445. The van der Waals surface area contributed by atoms with Gasteiger partial charge in [-0.1, -0.05) is 4.78 Å². The molecule has 10 heavy (non-hydrogen) atoms. The zero-order chi connectivity index (χ0) is 7.78. The van der Waals surface area contributed by atoms with Crippen LogP contribution < -0.4 is 4.78 Å². The van der Waals surface area contributed by atoms with E-state index in [1.165, 1.54) is 0 Å². The summed E-state index contributed by atoms with van der Waals surface area (Å²) in [7, 11) is 0. The second kappa shape index (κ2) is 2.27. The molecule has 0 atom stereocenters. The van der Waals surface area contributed by atoms with Crippen LogP contribution in [0.3, 0.4) is 0 Å². The van der Waals surface area contributed by atoms with Crippen molar-refractivity contribution >= 4 is 23.1 Å². The summed E-state index contributed by atoms with van der Waals surface area (Å²) in [5, 5.41) is 0.838. The van der Waals surface area contributed by atoms with E-state index in [9.17, 15) is 17.3 Å². The summed E-state index contributed by atoms with van der Waals surface area (Å²) in [6, 6.07) is 0.505. The number of halogens is 4. The van der Waals surface area contributed by atoms with Crippen molar-refractivity contribution in [2.45, 2.75) is 0 Å². The van der Waals surface area contributed by atoms with Gasteiger partial charge in [0.2, 0.25) is 0 Å². The number of thiophene rings is 1. The number of hydrogen-bond donors (Lipinski definition) is 0. The van der Waals surface area contributed by atoms with E-state index < -0.39 is 17.6 Å². The molecule has 1 rings (SSSR count). The van der Waals surface area contributed by atoms with E-state index in [4.69, 9.17) is 0 Å². The summed E-state index contributed by atoms with van der Waals surface area (Å²) in [6.45, 7) is -5.00. The molecule has 0 aliphatic rings. The molecule has 1 aromatic rings. The van der Waals surface area contributed by atoms with Gasteiger partial charge in [0.05, 0.1) is 0 Å². The van der Waals surface area contributed by atoms with Gasteiger partial charge in [0, 0.05) is 5.38 Å². The van der Waals surface area contributed by atoms with Gasteiger partial charge in [-0.15, -0.1) is 0 Å². The highest BCUT2D eigenvalue weighted by atomic mass is 32.1. The highest BCUT2D eigenvalue weighted by Crippen LogP contribution is 2.13. The van der Waals surface area contributed by atoms with Crippen LogP contribution in [0.1, 0.15) is 0 Å². The summed E-state index contributed by atoms with van der Waals surface area (Å²) in [5.74, 6) is -0.820.